The molecule has 0 saturated heterocycles. The first-order chi connectivity index (χ1) is 13.2. The van der Waals surface area contributed by atoms with Crippen LogP contribution in [-0.2, 0) is 6.54 Å². The van der Waals surface area contributed by atoms with Crippen molar-refractivity contribution in [1.82, 2.24) is 9.47 Å². The predicted molar refractivity (Wildman–Crippen MR) is 107 cm³/mol. The van der Waals surface area contributed by atoms with E-state index < -0.39 is 5.91 Å². The number of nitrogens with zero attached hydrogens (tertiary/aromatic N) is 4. The topological polar surface area (TPSA) is 70.2 Å². The Morgan fingerprint density at radius 1 is 1.04 bits per heavy atom. The molecule has 3 rings (SSSR count). The minimum atomic E-state index is -0.435. The summed E-state index contributed by atoms with van der Waals surface area (Å²) in [5.74, 6) is -0.400. The number of hydrogen-bond acceptors (Lipinski definition) is 4. The molecule has 0 aliphatic carbocycles. The van der Waals surface area contributed by atoms with Gasteiger partial charge in [-0.05, 0) is 31.3 Å². The van der Waals surface area contributed by atoms with Gasteiger partial charge in [-0.15, -0.1) is 10.2 Å². The van der Waals surface area contributed by atoms with E-state index in [-0.39, 0.29) is 5.88 Å². The molecular weight excluding hydrogens is 340 g/mol. The molecule has 3 aromatic rings. The molecule has 0 atom stereocenters. The van der Waals surface area contributed by atoms with Crippen LogP contribution in [0, 0.1) is 0 Å². The van der Waals surface area contributed by atoms with Crippen molar-refractivity contribution >= 4 is 22.5 Å². The minimum Gasteiger partial charge on any atom is -0.493 e. The van der Waals surface area contributed by atoms with Gasteiger partial charge in [0.2, 0.25) is 5.88 Å². The molecule has 6 nitrogen and oxygen atoms in total. The molecule has 1 amide bonds. The maximum absolute atomic E-state index is 12.2. The third-order valence-corrected chi connectivity index (χ3v) is 4.71. The van der Waals surface area contributed by atoms with Crippen molar-refractivity contribution in [3.05, 3.63) is 60.2 Å². The van der Waals surface area contributed by atoms with Crippen molar-refractivity contribution in [2.24, 2.45) is 10.2 Å². The SMILES string of the molecule is CCN(CC)CCn1c(O)c(N=NC(=O)c2ccccc2)c2ccccc21. The molecule has 0 saturated carbocycles. The number of aromatic hydroxyl groups is 1. The number of hydrogen-bond donors (Lipinski definition) is 1. The quantitative estimate of drug-likeness (QED) is 0.622. The van der Waals surface area contributed by atoms with Gasteiger partial charge >= 0.3 is 0 Å². The van der Waals surface area contributed by atoms with Gasteiger partial charge < -0.3 is 14.6 Å². The predicted octanol–water partition coefficient (Wildman–Crippen LogP) is 4.61. The van der Waals surface area contributed by atoms with Crippen molar-refractivity contribution < 1.29 is 9.90 Å². The van der Waals surface area contributed by atoms with Gasteiger partial charge in [-0.2, -0.15) is 0 Å². The molecular formula is C21H24N4O2. The van der Waals surface area contributed by atoms with E-state index in [9.17, 15) is 9.90 Å². The molecule has 0 aliphatic rings. The number of azo groups is 1. The molecule has 1 N–H and O–H groups in total. The standard InChI is InChI=1S/C21H24N4O2/c1-3-24(4-2)14-15-25-18-13-9-8-12-17(18)19(21(25)27)22-23-20(26)16-10-6-5-7-11-16/h5-13,27H,3-4,14-15H2,1-2H3. The lowest BCUT2D eigenvalue weighted by Gasteiger charge is -2.18. The lowest BCUT2D eigenvalue weighted by Crippen LogP contribution is -2.26. The summed E-state index contributed by atoms with van der Waals surface area (Å²) in [5, 5.41) is 19.4. The summed E-state index contributed by atoms with van der Waals surface area (Å²) >= 11 is 0. The summed E-state index contributed by atoms with van der Waals surface area (Å²) in [6.07, 6.45) is 0. The van der Waals surface area contributed by atoms with E-state index >= 15 is 0 Å². The maximum Gasteiger partial charge on any atom is 0.295 e. The third-order valence-electron chi connectivity index (χ3n) is 4.71. The van der Waals surface area contributed by atoms with Crippen molar-refractivity contribution in [2.45, 2.75) is 20.4 Å². The van der Waals surface area contributed by atoms with E-state index in [2.05, 4.69) is 29.0 Å². The number of fused-ring (bicyclic) bond motifs is 1. The van der Waals surface area contributed by atoms with Crippen LogP contribution in [0.5, 0.6) is 5.88 Å². The van der Waals surface area contributed by atoms with Crippen molar-refractivity contribution in [3.8, 4) is 5.88 Å². The number of rotatable bonds is 7. The molecule has 1 aromatic heterocycles. The zero-order valence-corrected chi connectivity index (χ0v) is 15.7. The maximum atomic E-state index is 12.2. The normalized spacial score (nSPS) is 11.7. The second-order valence-corrected chi connectivity index (χ2v) is 6.24. The highest BCUT2D eigenvalue weighted by atomic mass is 16.3. The van der Waals surface area contributed by atoms with Crippen molar-refractivity contribution in [3.63, 3.8) is 0 Å². The van der Waals surface area contributed by atoms with E-state index in [1.165, 1.54) is 0 Å². The number of aromatic nitrogens is 1. The van der Waals surface area contributed by atoms with E-state index in [0.29, 0.717) is 17.8 Å². The smallest absolute Gasteiger partial charge is 0.295 e. The molecule has 0 aliphatic heterocycles. The number of para-hydroxylation sites is 1. The van der Waals surface area contributed by atoms with Crippen LogP contribution in [0.3, 0.4) is 0 Å². The van der Waals surface area contributed by atoms with Crippen LogP contribution in [0.1, 0.15) is 24.2 Å². The van der Waals surface area contributed by atoms with E-state index in [1.807, 2.05) is 34.9 Å². The first-order valence-electron chi connectivity index (χ1n) is 9.19. The van der Waals surface area contributed by atoms with Gasteiger partial charge in [-0.1, -0.05) is 50.2 Å². The first-order valence-corrected chi connectivity index (χ1v) is 9.19. The fraction of sp³-hybridized carbons (Fsp3) is 0.286. The van der Waals surface area contributed by atoms with Crippen LogP contribution >= 0.6 is 0 Å². The van der Waals surface area contributed by atoms with Gasteiger partial charge in [0.1, 0.15) is 0 Å². The lowest BCUT2D eigenvalue weighted by molar-refractivity contribution is 0.0995. The Bertz CT molecular complexity index is 943. The fourth-order valence-corrected chi connectivity index (χ4v) is 3.11. The molecule has 0 spiro atoms. The van der Waals surface area contributed by atoms with Crippen LogP contribution in [0.25, 0.3) is 10.9 Å². The first kappa shape index (κ1) is 18.8. The van der Waals surface area contributed by atoms with Crippen LogP contribution in [0.15, 0.2) is 64.8 Å². The average molecular weight is 364 g/mol. The minimum absolute atomic E-state index is 0.0352. The third kappa shape index (κ3) is 4.06. The average Bonchev–Trinajstić information content (AvgIpc) is 2.98. The second kappa shape index (κ2) is 8.60. The van der Waals surface area contributed by atoms with Crippen molar-refractivity contribution in [2.75, 3.05) is 19.6 Å². The summed E-state index contributed by atoms with van der Waals surface area (Å²) in [5.41, 5.74) is 1.67. The van der Waals surface area contributed by atoms with Gasteiger partial charge in [0, 0.05) is 24.0 Å². The van der Waals surface area contributed by atoms with Crippen LogP contribution < -0.4 is 0 Å². The Kier molecular flexibility index (Phi) is 5.98. The van der Waals surface area contributed by atoms with E-state index in [0.717, 1.165) is 30.5 Å². The van der Waals surface area contributed by atoms with Crippen molar-refractivity contribution in [1.29, 1.82) is 0 Å². The number of amides is 1. The molecule has 1 heterocycles. The lowest BCUT2D eigenvalue weighted by atomic mass is 10.2. The summed E-state index contributed by atoms with van der Waals surface area (Å²) in [6.45, 7) is 7.59. The molecule has 140 valence electrons. The highest BCUT2D eigenvalue weighted by Gasteiger charge is 2.17. The highest BCUT2D eigenvalue weighted by molar-refractivity contribution is 5.97. The summed E-state index contributed by atoms with van der Waals surface area (Å²) in [6, 6.07) is 16.4. The number of carbonyl (C=O) groups excluding carboxylic acids is 1. The Labute approximate surface area is 158 Å². The Hall–Kier alpha value is -2.99. The largest absolute Gasteiger partial charge is 0.493 e. The Morgan fingerprint density at radius 2 is 1.70 bits per heavy atom. The Morgan fingerprint density at radius 3 is 2.41 bits per heavy atom. The molecule has 0 bridgehead atoms. The molecule has 27 heavy (non-hydrogen) atoms. The summed E-state index contributed by atoms with van der Waals surface area (Å²) in [4.78, 5) is 14.5. The van der Waals surface area contributed by atoms with Gasteiger partial charge in [0.05, 0.1) is 5.52 Å². The van der Waals surface area contributed by atoms with Gasteiger partial charge in [0.25, 0.3) is 5.91 Å². The Balaban J connectivity index is 1.92. The summed E-state index contributed by atoms with van der Waals surface area (Å²) < 4.78 is 1.83. The van der Waals surface area contributed by atoms with Gasteiger partial charge in [0.15, 0.2) is 5.69 Å². The monoisotopic (exact) mass is 364 g/mol. The zero-order chi connectivity index (χ0) is 19.2. The van der Waals surface area contributed by atoms with Gasteiger partial charge in [-0.25, -0.2) is 0 Å². The molecule has 0 fully saturated rings. The molecule has 0 unspecified atom stereocenters. The fourth-order valence-electron chi connectivity index (χ4n) is 3.11. The van der Waals surface area contributed by atoms with Gasteiger partial charge in [-0.3, -0.25) is 4.79 Å². The van der Waals surface area contributed by atoms with Crippen LogP contribution in [-0.4, -0.2) is 40.1 Å². The summed E-state index contributed by atoms with van der Waals surface area (Å²) in [7, 11) is 0. The van der Waals surface area contributed by atoms with E-state index in [1.54, 1.807) is 24.3 Å². The molecule has 6 heteroatoms. The molecule has 0 radical (unpaired) electrons. The second-order valence-electron chi connectivity index (χ2n) is 6.24. The number of benzene rings is 2. The van der Waals surface area contributed by atoms with Crippen LogP contribution in [0.4, 0.5) is 5.69 Å². The van der Waals surface area contributed by atoms with E-state index in [4.69, 9.17) is 0 Å². The number of carbonyl (C=O) groups is 1. The number of likely N-dealkylation sites (N-methyl/N-ethyl adjacent to an activating group) is 1. The van der Waals surface area contributed by atoms with Crippen LogP contribution in [0.2, 0.25) is 0 Å². The highest BCUT2D eigenvalue weighted by Crippen LogP contribution is 2.38. The molecule has 2 aromatic carbocycles. The zero-order valence-electron chi connectivity index (χ0n) is 15.7.